The lowest BCUT2D eigenvalue weighted by Crippen LogP contribution is -2.54. The Hall–Kier alpha value is -3.37. The van der Waals surface area contributed by atoms with E-state index < -0.39 is 52.5 Å². The van der Waals surface area contributed by atoms with E-state index in [2.05, 4.69) is 45.9 Å². The molecule has 14 nitrogen and oxygen atoms in total. The minimum Gasteiger partial charge on any atom is -0.347 e. The average molecular weight is 716 g/mol. The Morgan fingerprint density at radius 1 is 1.14 bits per heavy atom. The van der Waals surface area contributed by atoms with Gasteiger partial charge in [0, 0.05) is 32.5 Å². The van der Waals surface area contributed by atoms with E-state index in [4.69, 9.17) is 13.7 Å². The molecule has 1 aromatic rings. The summed E-state index contributed by atoms with van der Waals surface area (Å²) in [6.45, 7) is 4.90. The van der Waals surface area contributed by atoms with Crippen molar-refractivity contribution in [3.05, 3.63) is 41.0 Å². The molecule has 6 unspecified atom stereocenters. The van der Waals surface area contributed by atoms with Gasteiger partial charge in [0.1, 0.15) is 12.1 Å². The van der Waals surface area contributed by atoms with Crippen molar-refractivity contribution in [3.8, 4) is 0 Å². The van der Waals surface area contributed by atoms with Gasteiger partial charge < -0.3 is 25.0 Å². The first-order valence-electron chi connectivity index (χ1n) is 17.8. The molecule has 4 amide bonds. The minimum absolute atomic E-state index is 0.0356. The Labute approximate surface area is 293 Å². The Bertz CT molecular complexity index is 1600. The van der Waals surface area contributed by atoms with Crippen LogP contribution in [-0.4, -0.2) is 92.2 Å². The molecular weight excluding hydrogens is 666 g/mol. The van der Waals surface area contributed by atoms with Crippen LogP contribution in [0.5, 0.6) is 0 Å². The van der Waals surface area contributed by atoms with E-state index in [0.717, 1.165) is 45.2 Å². The van der Waals surface area contributed by atoms with Gasteiger partial charge in [-0.3, -0.25) is 28.3 Å². The molecule has 1 aromatic carbocycles. The SMILES string of the molecule is CCCC(NC(=O)C1CC2CN1C(=O)CNC(=O)CCCCCC=Cc1cccc3c1CN(C3)C1OC1O2)C(=O)NS(=O)(=O)OCC1(C)CC1. The number of nitrogens with zero attached hydrogens (tertiary/aromatic N) is 2. The zero-order valence-corrected chi connectivity index (χ0v) is 29.7. The van der Waals surface area contributed by atoms with Gasteiger partial charge in [-0.15, -0.1) is 0 Å². The van der Waals surface area contributed by atoms with Gasteiger partial charge in [0.15, 0.2) is 12.5 Å². The van der Waals surface area contributed by atoms with E-state index in [1.54, 1.807) is 6.92 Å². The molecule has 6 rings (SSSR count). The first-order chi connectivity index (χ1) is 23.9. The molecule has 0 aromatic heterocycles. The predicted octanol–water partition coefficient (Wildman–Crippen LogP) is 2.23. The van der Waals surface area contributed by atoms with Crippen LogP contribution >= 0.6 is 0 Å². The van der Waals surface area contributed by atoms with Crippen molar-refractivity contribution in [2.45, 2.75) is 122 Å². The number of hydrogen-bond donors (Lipinski definition) is 3. The number of allylic oxidation sites excluding steroid dienone is 1. The molecule has 3 N–H and O–H groups in total. The fourth-order valence-electron chi connectivity index (χ4n) is 6.79. The monoisotopic (exact) mass is 715 g/mol. The van der Waals surface area contributed by atoms with Gasteiger partial charge in [-0.1, -0.05) is 57.0 Å². The summed E-state index contributed by atoms with van der Waals surface area (Å²) in [7, 11) is -4.38. The molecule has 50 heavy (non-hydrogen) atoms. The minimum atomic E-state index is -4.38. The summed E-state index contributed by atoms with van der Waals surface area (Å²) < 4.78 is 44.2. The number of amides is 4. The van der Waals surface area contributed by atoms with Crippen LogP contribution in [0.1, 0.15) is 94.7 Å². The molecule has 1 saturated carbocycles. The largest absolute Gasteiger partial charge is 0.362 e. The topological polar surface area (TPSA) is 176 Å². The second kappa shape index (κ2) is 15.5. The summed E-state index contributed by atoms with van der Waals surface area (Å²) in [5.41, 5.74) is 3.47. The van der Waals surface area contributed by atoms with Crippen molar-refractivity contribution >= 4 is 40.0 Å². The van der Waals surface area contributed by atoms with Gasteiger partial charge >= 0.3 is 10.3 Å². The molecule has 4 bridgehead atoms. The smallest absolute Gasteiger partial charge is 0.347 e. The number of epoxide rings is 1. The molecule has 274 valence electrons. The third kappa shape index (κ3) is 9.29. The number of benzene rings is 1. The van der Waals surface area contributed by atoms with Gasteiger partial charge in [-0.2, -0.15) is 8.42 Å². The number of fused-ring (bicyclic) bond motifs is 5. The van der Waals surface area contributed by atoms with Crippen LogP contribution in [0.3, 0.4) is 0 Å². The molecule has 4 heterocycles. The lowest BCUT2D eigenvalue weighted by atomic mass is 10.0. The molecule has 0 spiro atoms. The molecule has 15 heteroatoms. The van der Waals surface area contributed by atoms with Crippen LogP contribution in [0, 0.1) is 5.41 Å². The van der Waals surface area contributed by atoms with E-state index in [0.29, 0.717) is 12.8 Å². The molecule has 3 fully saturated rings. The van der Waals surface area contributed by atoms with Crippen LogP contribution in [0.15, 0.2) is 24.3 Å². The van der Waals surface area contributed by atoms with Crippen molar-refractivity contribution in [2.24, 2.45) is 5.41 Å². The van der Waals surface area contributed by atoms with Gasteiger partial charge in [0.2, 0.25) is 17.7 Å². The Kier molecular flexibility index (Phi) is 11.3. The molecule has 2 saturated heterocycles. The highest BCUT2D eigenvalue weighted by atomic mass is 32.2. The maximum atomic E-state index is 13.8. The Morgan fingerprint density at radius 3 is 2.74 bits per heavy atom. The van der Waals surface area contributed by atoms with Gasteiger partial charge in [0.25, 0.3) is 5.91 Å². The summed E-state index contributed by atoms with van der Waals surface area (Å²) in [4.78, 5) is 56.5. The molecule has 4 aliphatic heterocycles. The Morgan fingerprint density at radius 2 is 1.96 bits per heavy atom. The maximum absolute atomic E-state index is 13.8. The van der Waals surface area contributed by atoms with E-state index in [1.807, 2.05) is 11.6 Å². The molecule has 0 radical (unpaired) electrons. The summed E-state index contributed by atoms with van der Waals surface area (Å²) in [6, 6.07) is 4.11. The summed E-state index contributed by atoms with van der Waals surface area (Å²) in [6.07, 6.45) is 9.14. The lowest BCUT2D eigenvalue weighted by Gasteiger charge is -2.26. The molecule has 5 aliphatic rings. The normalized spacial score (nSPS) is 28.5. The van der Waals surface area contributed by atoms with Gasteiger partial charge in [-0.25, -0.2) is 4.72 Å². The van der Waals surface area contributed by atoms with Crippen LogP contribution in [0.2, 0.25) is 0 Å². The molecular formula is C35H49N5O9S. The number of carbonyl (C=O) groups excluding carboxylic acids is 4. The molecule has 6 atom stereocenters. The quantitative estimate of drug-likeness (QED) is 0.322. The third-order valence-corrected chi connectivity index (χ3v) is 11.0. The standard InChI is InChI=1S/C35H49N5O9S/c1-3-10-27(31(43)38-50(45,46)47-22-35(2)15-16-35)37-32(44)28-17-25-20-40(28)30(42)18-36-29(41)14-8-6-4-5-7-11-23-12-9-13-24-19-39(21-26(23)24)33-34(48-25)49-33/h7,9,11-13,25,27-28,33-34H,3-6,8,10,14-22H2,1-2H3,(H,36,41)(H,37,44)(H,38,43). The number of hydrogen-bond acceptors (Lipinski definition) is 10. The van der Waals surface area contributed by atoms with Crippen LogP contribution in [0.25, 0.3) is 6.08 Å². The third-order valence-electron chi connectivity index (χ3n) is 10.2. The zero-order chi connectivity index (χ0) is 35.5. The lowest BCUT2D eigenvalue weighted by molar-refractivity contribution is -0.139. The average Bonchev–Trinajstić information content (AvgIpc) is 3.90. The fraction of sp³-hybridized carbons (Fsp3) is 0.657. The first-order valence-corrected chi connectivity index (χ1v) is 19.2. The maximum Gasteiger partial charge on any atom is 0.362 e. The number of ether oxygens (including phenoxy) is 2. The zero-order valence-electron chi connectivity index (χ0n) is 28.9. The summed E-state index contributed by atoms with van der Waals surface area (Å²) >= 11 is 0. The van der Waals surface area contributed by atoms with E-state index in [-0.39, 0.29) is 56.5 Å². The number of nitrogens with one attached hydrogen (secondary N) is 3. The van der Waals surface area contributed by atoms with Crippen LogP contribution in [-0.2, 0) is 56.2 Å². The van der Waals surface area contributed by atoms with E-state index in [1.165, 1.54) is 21.6 Å². The van der Waals surface area contributed by atoms with Crippen molar-refractivity contribution in [1.82, 2.24) is 25.2 Å². The van der Waals surface area contributed by atoms with Gasteiger partial charge in [0.05, 0.1) is 19.3 Å². The van der Waals surface area contributed by atoms with Crippen molar-refractivity contribution in [1.29, 1.82) is 0 Å². The predicted molar refractivity (Wildman–Crippen MR) is 182 cm³/mol. The second-order valence-electron chi connectivity index (χ2n) is 14.5. The van der Waals surface area contributed by atoms with Crippen LogP contribution < -0.4 is 15.4 Å². The highest BCUT2D eigenvalue weighted by Crippen LogP contribution is 2.45. The van der Waals surface area contributed by atoms with Crippen molar-refractivity contribution < 1.29 is 41.3 Å². The highest BCUT2D eigenvalue weighted by Gasteiger charge is 2.50. The van der Waals surface area contributed by atoms with Crippen LogP contribution in [0.4, 0.5) is 0 Å². The number of rotatable bonds is 9. The highest BCUT2D eigenvalue weighted by molar-refractivity contribution is 7.85. The first kappa shape index (κ1) is 36.4. The van der Waals surface area contributed by atoms with E-state index in [9.17, 15) is 27.6 Å². The molecule has 1 aliphatic carbocycles. The fourth-order valence-corrected chi connectivity index (χ4v) is 7.68. The summed E-state index contributed by atoms with van der Waals surface area (Å²) in [5, 5.41) is 5.35. The van der Waals surface area contributed by atoms with Crippen molar-refractivity contribution in [2.75, 3.05) is 19.7 Å². The van der Waals surface area contributed by atoms with Crippen molar-refractivity contribution in [3.63, 3.8) is 0 Å². The Balaban J connectivity index is 1.13. The van der Waals surface area contributed by atoms with Gasteiger partial charge in [-0.05, 0) is 60.6 Å². The number of carbonyl (C=O) groups is 4. The summed E-state index contributed by atoms with van der Waals surface area (Å²) in [5.74, 6) is -2.25. The second-order valence-corrected chi connectivity index (χ2v) is 15.8. The van der Waals surface area contributed by atoms with E-state index >= 15 is 0 Å².